The molecule has 0 atom stereocenters. The molecule has 2 rings (SSSR count). The van der Waals surface area contributed by atoms with Gasteiger partial charge in [0.25, 0.3) is 0 Å². The first kappa shape index (κ1) is 14.7. The van der Waals surface area contributed by atoms with Crippen LogP contribution in [0.4, 0.5) is 5.69 Å². The van der Waals surface area contributed by atoms with E-state index in [1.807, 2.05) is 6.07 Å². The number of amides is 1. The fourth-order valence-corrected chi connectivity index (χ4v) is 2.42. The molecule has 5 heteroatoms. The number of carbonyl (C=O) groups is 1. The van der Waals surface area contributed by atoms with Gasteiger partial charge in [0.1, 0.15) is 11.5 Å². The van der Waals surface area contributed by atoms with E-state index in [1.165, 1.54) is 0 Å². The number of benzene rings is 1. The number of methoxy groups -OCH3 is 2. The van der Waals surface area contributed by atoms with Gasteiger partial charge in [-0.1, -0.05) is 0 Å². The van der Waals surface area contributed by atoms with Crippen LogP contribution in [0.1, 0.15) is 12.8 Å². The number of nitrogens with one attached hydrogen (secondary N) is 1. The summed E-state index contributed by atoms with van der Waals surface area (Å²) in [4.78, 5) is 14.6. The van der Waals surface area contributed by atoms with E-state index in [1.54, 1.807) is 26.4 Å². The van der Waals surface area contributed by atoms with E-state index in [0.717, 1.165) is 25.9 Å². The van der Waals surface area contributed by atoms with Crippen molar-refractivity contribution < 1.29 is 14.3 Å². The van der Waals surface area contributed by atoms with E-state index in [-0.39, 0.29) is 11.8 Å². The van der Waals surface area contributed by atoms with Crippen molar-refractivity contribution in [2.24, 2.45) is 5.92 Å². The number of carbonyl (C=O) groups excluding carboxylic acids is 1. The van der Waals surface area contributed by atoms with Crippen molar-refractivity contribution in [2.45, 2.75) is 12.8 Å². The standard InChI is InChI=1S/C15H22N2O3/c1-17-8-6-11(7-9-17)15(18)16-13-10-12(19-2)4-5-14(13)20-3/h4-5,10-11H,6-9H2,1-3H3,(H,16,18). The lowest BCUT2D eigenvalue weighted by molar-refractivity contribution is -0.121. The monoisotopic (exact) mass is 278 g/mol. The molecular weight excluding hydrogens is 256 g/mol. The Bertz CT molecular complexity index is 468. The van der Waals surface area contributed by atoms with Crippen LogP contribution in [0.5, 0.6) is 11.5 Å². The zero-order valence-electron chi connectivity index (χ0n) is 12.3. The molecule has 0 unspecified atom stereocenters. The van der Waals surface area contributed by atoms with Gasteiger partial charge in [-0.05, 0) is 45.1 Å². The predicted octanol–water partition coefficient (Wildman–Crippen LogP) is 1.98. The minimum absolute atomic E-state index is 0.0599. The van der Waals surface area contributed by atoms with Crippen LogP contribution in [0.2, 0.25) is 0 Å². The highest BCUT2D eigenvalue weighted by Gasteiger charge is 2.24. The van der Waals surface area contributed by atoms with Crippen LogP contribution in [0, 0.1) is 5.92 Å². The number of hydrogen-bond acceptors (Lipinski definition) is 4. The minimum atomic E-state index is 0.0599. The van der Waals surface area contributed by atoms with Gasteiger partial charge >= 0.3 is 0 Å². The molecule has 110 valence electrons. The summed E-state index contributed by atoms with van der Waals surface area (Å²) in [6.07, 6.45) is 1.79. The van der Waals surface area contributed by atoms with Gasteiger partial charge in [0.05, 0.1) is 19.9 Å². The smallest absolute Gasteiger partial charge is 0.227 e. The minimum Gasteiger partial charge on any atom is -0.497 e. The Balaban J connectivity index is 2.06. The molecule has 1 saturated heterocycles. The lowest BCUT2D eigenvalue weighted by atomic mass is 9.96. The zero-order valence-corrected chi connectivity index (χ0v) is 12.3. The number of anilines is 1. The lowest BCUT2D eigenvalue weighted by Crippen LogP contribution is -2.35. The predicted molar refractivity (Wildman–Crippen MR) is 78.4 cm³/mol. The Morgan fingerprint density at radius 1 is 1.25 bits per heavy atom. The molecule has 1 aliphatic rings. The first-order chi connectivity index (χ1) is 9.63. The normalized spacial score (nSPS) is 16.8. The number of nitrogens with zero attached hydrogens (tertiary/aromatic N) is 1. The topological polar surface area (TPSA) is 50.8 Å². The molecule has 20 heavy (non-hydrogen) atoms. The SMILES string of the molecule is COc1ccc(OC)c(NC(=O)C2CCN(C)CC2)c1. The molecule has 0 radical (unpaired) electrons. The molecule has 1 aliphatic heterocycles. The van der Waals surface area contributed by atoms with Gasteiger partial charge in [0, 0.05) is 12.0 Å². The molecule has 0 aromatic heterocycles. The van der Waals surface area contributed by atoms with Gasteiger partial charge in [-0.25, -0.2) is 0 Å². The van der Waals surface area contributed by atoms with Crippen LogP contribution in [0.25, 0.3) is 0 Å². The van der Waals surface area contributed by atoms with E-state index in [4.69, 9.17) is 9.47 Å². The third-order valence-corrected chi connectivity index (χ3v) is 3.75. The molecule has 1 N–H and O–H groups in total. The number of hydrogen-bond donors (Lipinski definition) is 1. The zero-order chi connectivity index (χ0) is 14.5. The second-order valence-corrected chi connectivity index (χ2v) is 5.13. The van der Waals surface area contributed by atoms with Crippen molar-refractivity contribution in [3.8, 4) is 11.5 Å². The molecule has 5 nitrogen and oxygen atoms in total. The third kappa shape index (κ3) is 3.42. The fourth-order valence-electron chi connectivity index (χ4n) is 2.42. The van der Waals surface area contributed by atoms with Crippen molar-refractivity contribution in [2.75, 3.05) is 39.7 Å². The summed E-state index contributed by atoms with van der Waals surface area (Å²) in [6, 6.07) is 5.39. The van der Waals surface area contributed by atoms with Crippen LogP contribution in [0.3, 0.4) is 0 Å². The van der Waals surface area contributed by atoms with Gasteiger partial charge < -0.3 is 19.7 Å². The quantitative estimate of drug-likeness (QED) is 0.915. The molecule has 1 aromatic carbocycles. The molecule has 0 saturated carbocycles. The molecule has 0 bridgehead atoms. The second-order valence-electron chi connectivity index (χ2n) is 5.13. The number of likely N-dealkylation sites (tertiary alicyclic amines) is 1. The summed E-state index contributed by atoms with van der Waals surface area (Å²) in [6.45, 7) is 1.93. The maximum absolute atomic E-state index is 12.3. The highest BCUT2D eigenvalue weighted by Crippen LogP contribution is 2.30. The Morgan fingerprint density at radius 3 is 2.55 bits per heavy atom. The Labute approximate surface area is 119 Å². The molecule has 0 aliphatic carbocycles. The average Bonchev–Trinajstić information content (AvgIpc) is 2.47. The maximum Gasteiger partial charge on any atom is 0.227 e. The summed E-state index contributed by atoms with van der Waals surface area (Å²) in [5.74, 6) is 1.48. The van der Waals surface area contributed by atoms with Crippen LogP contribution < -0.4 is 14.8 Å². The van der Waals surface area contributed by atoms with Crippen LogP contribution in [-0.4, -0.2) is 45.2 Å². The second kappa shape index (κ2) is 6.61. The van der Waals surface area contributed by atoms with E-state index in [2.05, 4.69) is 17.3 Å². The average molecular weight is 278 g/mol. The van der Waals surface area contributed by atoms with Crippen molar-refractivity contribution in [3.63, 3.8) is 0 Å². The summed E-state index contributed by atoms with van der Waals surface area (Å²) in [7, 11) is 5.27. The molecule has 1 aromatic rings. The van der Waals surface area contributed by atoms with Gasteiger partial charge in [-0.2, -0.15) is 0 Å². The molecule has 0 spiro atoms. The van der Waals surface area contributed by atoms with Gasteiger partial charge in [-0.3, -0.25) is 4.79 Å². The van der Waals surface area contributed by atoms with E-state index in [9.17, 15) is 4.79 Å². The summed E-state index contributed by atoms with van der Waals surface area (Å²) >= 11 is 0. The van der Waals surface area contributed by atoms with Crippen molar-refractivity contribution in [3.05, 3.63) is 18.2 Å². The number of ether oxygens (including phenoxy) is 2. The fraction of sp³-hybridized carbons (Fsp3) is 0.533. The molecule has 1 fully saturated rings. The number of piperidine rings is 1. The molecular formula is C15H22N2O3. The van der Waals surface area contributed by atoms with E-state index in [0.29, 0.717) is 17.2 Å². The van der Waals surface area contributed by atoms with Crippen LogP contribution in [-0.2, 0) is 4.79 Å². The molecule has 1 heterocycles. The first-order valence-electron chi connectivity index (χ1n) is 6.85. The van der Waals surface area contributed by atoms with Gasteiger partial charge in [0.15, 0.2) is 0 Å². The Kier molecular flexibility index (Phi) is 4.84. The third-order valence-electron chi connectivity index (χ3n) is 3.75. The summed E-state index contributed by atoms with van der Waals surface area (Å²) in [5.41, 5.74) is 0.663. The van der Waals surface area contributed by atoms with E-state index >= 15 is 0 Å². The lowest BCUT2D eigenvalue weighted by Gasteiger charge is -2.28. The summed E-state index contributed by atoms with van der Waals surface area (Å²) < 4.78 is 10.5. The summed E-state index contributed by atoms with van der Waals surface area (Å²) in [5, 5.41) is 2.96. The number of rotatable bonds is 4. The van der Waals surface area contributed by atoms with Crippen LogP contribution >= 0.6 is 0 Å². The van der Waals surface area contributed by atoms with Gasteiger partial charge in [0.2, 0.25) is 5.91 Å². The van der Waals surface area contributed by atoms with Crippen molar-refractivity contribution in [1.82, 2.24) is 4.90 Å². The molecule has 1 amide bonds. The Hall–Kier alpha value is -1.75. The largest absolute Gasteiger partial charge is 0.497 e. The van der Waals surface area contributed by atoms with Crippen molar-refractivity contribution >= 4 is 11.6 Å². The maximum atomic E-state index is 12.3. The van der Waals surface area contributed by atoms with Crippen LogP contribution in [0.15, 0.2) is 18.2 Å². The van der Waals surface area contributed by atoms with Gasteiger partial charge in [-0.15, -0.1) is 0 Å². The first-order valence-corrected chi connectivity index (χ1v) is 6.85. The van der Waals surface area contributed by atoms with E-state index < -0.39 is 0 Å². The Morgan fingerprint density at radius 2 is 1.95 bits per heavy atom. The highest BCUT2D eigenvalue weighted by molar-refractivity contribution is 5.94. The van der Waals surface area contributed by atoms with Crippen molar-refractivity contribution in [1.29, 1.82) is 0 Å². The highest BCUT2D eigenvalue weighted by atomic mass is 16.5.